The fourth-order valence-corrected chi connectivity index (χ4v) is 4.14. The molecule has 0 heterocycles. The minimum Gasteiger partial charge on any atom is -0.495 e. The van der Waals surface area contributed by atoms with Gasteiger partial charge in [0.05, 0.1) is 23.2 Å². The maximum Gasteiger partial charge on any atom is 0.244 e. The van der Waals surface area contributed by atoms with Gasteiger partial charge >= 0.3 is 0 Å². The average molecular weight is 445 g/mol. The van der Waals surface area contributed by atoms with E-state index >= 15 is 0 Å². The standard InChI is InChI=1S/C19H22Cl2N2O4S/c1-11(2)13-5-8-17(27-4)18(9-13)28(25,26)23-12(3)19(24)22-14-6-7-15(20)16(21)10-14/h5-12,23H,1-4H3,(H,22,24). The molecule has 2 aromatic carbocycles. The van der Waals surface area contributed by atoms with Gasteiger partial charge in [-0.3, -0.25) is 4.79 Å². The Morgan fingerprint density at radius 1 is 1.04 bits per heavy atom. The van der Waals surface area contributed by atoms with Gasteiger partial charge in [-0.05, 0) is 48.7 Å². The highest BCUT2D eigenvalue weighted by Crippen LogP contribution is 2.28. The lowest BCUT2D eigenvalue weighted by molar-refractivity contribution is -0.117. The van der Waals surface area contributed by atoms with Gasteiger partial charge in [0.15, 0.2) is 0 Å². The van der Waals surface area contributed by atoms with Crippen LogP contribution in [-0.4, -0.2) is 27.5 Å². The monoisotopic (exact) mass is 444 g/mol. The molecule has 1 amide bonds. The highest BCUT2D eigenvalue weighted by atomic mass is 35.5. The zero-order chi connectivity index (χ0) is 21.1. The van der Waals surface area contributed by atoms with Crippen LogP contribution in [0.5, 0.6) is 5.75 Å². The third-order valence-electron chi connectivity index (χ3n) is 4.06. The molecule has 1 unspecified atom stereocenters. The second kappa shape index (κ2) is 9.13. The number of sulfonamides is 1. The largest absolute Gasteiger partial charge is 0.495 e. The van der Waals surface area contributed by atoms with E-state index in [2.05, 4.69) is 10.0 Å². The van der Waals surface area contributed by atoms with Crippen LogP contribution in [0.15, 0.2) is 41.3 Å². The summed E-state index contributed by atoms with van der Waals surface area (Å²) in [6.07, 6.45) is 0. The molecule has 0 spiro atoms. The number of halogens is 2. The van der Waals surface area contributed by atoms with Crippen LogP contribution in [0.2, 0.25) is 10.0 Å². The molecule has 0 saturated carbocycles. The first kappa shape index (κ1) is 22.5. The summed E-state index contributed by atoms with van der Waals surface area (Å²) in [7, 11) is -2.60. The van der Waals surface area contributed by atoms with E-state index in [1.165, 1.54) is 26.2 Å². The molecule has 9 heteroatoms. The normalized spacial score (nSPS) is 12.7. The quantitative estimate of drug-likeness (QED) is 0.661. The number of hydrogen-bond acceptors (Lipinski definition) is 4. The Morgan fingerprint density at radius 2 is 1.71 bits per heavy atom. The van der Waals surface area contributed by atoms with Crippen molar-refractivity contribution in [3.8, 4) is 5.75 Å². The number of ether oxygens (including phenoxy) is 1. The summed E-state index contributed by atoms with van der Waals surface area (Å²) in [5.41, 5.74) is 1.25. The number of rotatable bonds is 7. The van der Waals surface area contributed by atoms with Crippen LogP contribution < -0.4 is 14.8 Å². The zero-order valence-electron chi connectivity index (χ0n) is 15.9. The smallest absolute Gasteiger partial charge is 0.244 e. The Balaban J connectivity index is 2.21. The first-order valence-electron chi connectivity index (χ1n) is 8.51. The highest BCUT2D eigenvalue weighted by molar-refractivity contribution is 7.89. The second-order valence-corrected chi connectivity index (χ2v) is 9.02. The molecular formula is C19H22Cl2N2O4S. The van der Waals surface area contributed by atoms with Gasteiger partial charge in [-0.25, -0.2) is 8.42 Å². The third-order valence-corrected chi connectivity index (χ3v) is 6.36. The maximum atomic E-state index is 12.8. The number of nitrogens with one attached hydrogen (secondary N) is 2. The van der Waals surface area contributed by atoms with Crippen molar-refractivity contribution >= 4 is 44.8 Å². The molecule has 0 aliphatic carbocycles. The molecule has 0 saturated heterocycles. The molecule has 6 nitrogen and oxygen atoms in total. The summed E-state index contributed by atoms with van der Waals surface area (Å²) in [4.78, 5) is 12.4. The molecule has 0 aromatic heterocycles. The van der Waals surface area contributed by atoms with E-state index in [-0.39, 0.29) is 21.6 Å². The third kappa shape index (κ3) is 5.38. The van der Waals surface area contributed by atoms with E-state index in [1.807, 2.05) is 19.9 Å². The van der Waals surface area contributed by atoms with Gasteiger partial charge in [0.2, 0.25) is 15.9 Å². The number of hydrogen-bond donors (Lipinski definition) is 2. The summed E-state index contributed by atoms with van der Waals surface area (Å²) >= 11 is 11.8. The number of benzene rings is 2. The van der Waals surface area contributed by atoms with Gasteiger partial charge in [-0.1, -0.05) is 43.1 Å². The number of carbonyl (C=O) groups is 1. The van der Waals surface area contributed by atoms with E-state index in [0.717, 1.165) is 5.56 Å². The predicted octanol–water partition coefficient (Wildman–Crippen LogP) is 4.43. The van der Waals surface area contributed by atoms with E-state index in [1.54, 1.807) is 18.2 Å². The fourth-order valence-electron chi connectivity index (χ4n) is 2.44. The van der Waals surface area contributed by atoms with Crippen LogP contribution in [0.25, 0.3) is 0 Å². The van der Waals surface area contributed by atoms with Gasteiger partial charge in [-0.2, -0.15) is 4.72 Å². The average Bonchev–Trinajstić information content (AvgIpc) is 2.63. The van der Waals surface area contributed by atoms with Crippen LogP contribution in [-0.2, 0) is 14.8 Å². The van der Waals surface area contributed by atoms with Gasteiger partial charge in [0.1, 0.15) is 10.6 Å². The Labute approximate surface area is 175 Å². The topological polar surface area (TPSA) is 84.5 Å². The molecule has 1 atom stereocenters. The van der Waals surface area contributed by atoms with Gasteiger partial charge in [-0.15, -0.1) is 0 Å². The molecule has 2 rings (SSSR count). The Kier molecular flexibility index (Phi) is 7.33. The Morgan fingerprint density at radius 3 is 2.29 bits per heavy atom. The first-order chi connectivity index (χ1) is 13.0. The van der Waals surface area contributed by atoms with Crippen molar-refractivity contribution < 1.29 is 17.9 Å². The Hall–Kier alpha value is -1.80. The van der Waals surface area contributed by atoms with E-state index < -0.39 is 22.0 Å². The molecule has 152 valence electrons. The number of carbonyl (C=O) groups excluding carboxylic acids is 1. The second-order valence-electron chi connectivity index (χ2n) is 6.53. The van der Waals surface area contributed by atoms with Crippen LogP contribution in [0.1, 0.15) is 32.3 Å². The van der Waals surface area contributed by atoms with Crippen LogP contribution in [0.4, 0.5) is 5.69 Å². The minimum absolute atomic E-state index is 0.0182. The van der Waals surface area contributed by atoms with Gasteiger partial charge in [0, 0.05) is 5.69 Å². The van der Waals surface area contributed by atoms with Crippen LogP contribution in [0.3, 0.4) is 0 Å². The van der Waals surface area contributed by atoms with Crippen molar-refractivity contribution in [2.45, 2.75) is 37.6 Å². The van der Waals surface area contributed by atoms with Crippen molar-refractivity contribution in [2.75, 3.05) is 12.4 Å². The van der Waals surface area contributed by atoms with Crippen molar-refractivity contribution in [3.05, 3.63) is 52.0 Å². The van der Waals surface area contributed by atoms with Crippen LogP contribution in [0, 0.1) is 0 Å². The molecule has 0 aliphatic rings. The van der Waals surface area contributed by atoms with Gasteiger partial charge < -0.3 is 10.1 Å². The molecular weight excluding hydrogens is 423 g/mol. The summed E-state index contributed by atoms with van der Waals surface area (Å²) < 4.78 is 33.2. The molecule has 28 heavy (non-hydrogen) atoms. The lowest BCUT2D eigenvalue weighted by Gasteiger charge is -2.17. The van der Waals surface area contributed by atoms with Gasteiger partial charge in [0.25, 0.3) is 0 Å². The Bertz CT molecular complexity index is 978. The molecule has 0 radical (unpaired) electrons. The number of methoxy groups -OCH3 is 1. The van der Waals surface area contributed by atoms with Crippen molar-refractivity contribution in [3.63, 3.8) is 0 Å². The number of amides is 1. The van der Waals surface area contributed by atoms with Crippen LogP contribution >= 0.6 is 23.2 Å². The highest BCUT2D eigenvalue weighted by Gasteiger charge is 2.26. The minimum atomic E-state index is -3.99. The molecule has 2 aromatic rings. The maximum absolute atomic E-state index is 12.8. The lowest BCUT2D eigenvalue weighted by Crippen LogP contribution is -2.41. The SMILES string of the molecule is COc1ccc(C(C)C)cc1S(=O)(=O)NC(C)C(=O)Nc1ccc(Cl)c(Cl)c1. The molecule has 0 fully saturated rings. The summed E-state index contributed by atoms with van der Waals surface area (Å²) in [5, 5.41) is 3.23. The molecule has 0 aliphatic heterocycles. The first-order valence-corrected chi connectivity index (χ1v) is 10.7. The summed E-state index contributed by atoms with van der Waals surface area (Å²) in [6.45, 7) is 5.36. The van der Waals surface area contributed by atoms with E-state index in [0.29, 0.717) is 10.7 Å². The predicted molar refractivity (Wildman–Crippen MR) is 112 cm³/mol. The summed E-state index contributed by atoms with van der Waals surface area (Å²) in [5.74, 6) is -0.204. The molecule has 2 N–H and O–H groups in total. The molecule has 0 bridgehead atoms. The zero-order valence-corrected chi connectivity index (χ0v) is 18.2. The van der Waals surface area contributed by atoms with E-state index in [9.17, 15) is 13.2 Å². The lowest BCUT2D eigenvalue weighted by atomic mass is 10.0. The van der Waals surface area contributed by atoms with Crippen molar-refractivity contribution in [2.24, 2.45) is 0 Å². The number of anilines is 1. The van der Waals surface area contributed by atoms with E-state index in [4.69, 9.17) is 27.9 Å². The summed E-state index contributed by atoms with van der Waals surface area (Å²) in [6, 6.07) is 8.52. The van der Waals surface area contributed by atoms with Crippen molar-refractivity contribution in [1.29, 1.82) is 0 Å². The fraction of sp³-hybridized carbons (Fsp3) is 0.316. The van der Waals surface area contributed by atoms with Crippen molar-refractivity contribution in [1.82, 2.24) is 4.72 Å².